The van der Waals surface area contributed by atoms with E-state index in [0.717, 1.165) is 40.7 Å². The van der Waals surface area contributed by atoms with E-state index in [1.807, 2.05) is 26.0 Å². The van der Waals surface area contributed by atoms with Gasteiger partial charge in [0.25, 0.3) is 0 Å². The number of hydrogen-bond acceptors (Lipinski definition) is 7. The maximum absolute atomic E-state index is 11.1. The summed E-state index contributed by atoms with van der Waals surface area (Å²) < 4.78 is 5.71. The molecule has 2 N–H and O–H groups in total. The van der Waals surface area contributed by atoms with Crippen LogP contribution in [0.5, 0.6) is 5.75 Å². The van der Waals surface area contributed by atoms with Crippen LogP contribution in [0, 0.1) is 11.3 Å². The molecule has 3 aromatic rings. The highest BCUT2D eigenvalue weighted by Gasteiger charge is 2.18. The molecule has 7 nitrogen and oxygen atoms in total. The monoisotopic (exact) mass is 447 g/mol. The zero-order valence-corrected chi connectivity index (χ0v) is 19.0. The molecular weight excluding hydrogens is 422 g/mol. The van der Waals surface area contributed by atoms with Crippen molar-refractivity contribution in [2.45, 2.75) is 39.3 Å². The van der Waals surface area contributed by atoms with Crippen molar-refractivity contribution in [3.05, 3.63) is 53.1 Å². The van der Waals surface area contributed by atoms with Gasteiger partial charge in [0.2, 0.25) is 5.91 Å². The van der Waals surface area contributed by atoms with Gasteiger partial charge < -0.3 is 10.5 Å². The molecule has 1 aliphatic rings. The van der Waals surface area contributed by atoms with Crippen LogP contribution in [0.15, 0.2) is 36.4 Å². The first kappa shape index (κ1) is 21.9. The van der Waals surface area contributed by atoms with Crippen molar-refractivity contribution < 1.29 is 9.53 Å². The Kier molecular flexibility index (Phi) is 6.49. The average Bonchev–Trinajstić information content (AvgIpc) is 3.27. The minimum Gasteiger partial charge on any atom is -0.490 e. The summed E-state index contributed by atoms with van der Waals surface area (Å²) in [4.78, 5) is 13.3. The number of rotatable bonds is 7. The average molecular weight is 448 g/mol. The lowest BCUT2D eigenvalue weighted by atomic mass is 9.97. The van der Waals surface area contributed by atoms with Gasteiger partial charge in [-0.2, -0.15) is 5.26 Å². The topological polar surface area (TPSA) is 105 Å². The minimum absolute atomic E-state index is 0.000299. The first-order valence-electron chi connectivity index (χ1n) is 10.6. The Morgan fingerprint density at radius 3 is 2.59 bits per heavy atom. The van der Waals surface area contributed by atoms with Crippen LogP contribution < -0.4 is 10.5 Å². The second kappa shape index (κ2) is 9.47. The van der Waals surface area contributed by atoms with Crippen molar-refractivity contribution in [1.29, 1.82) is 5.26 Å². The number of aromatic nitrogens is 2. The molecule has 0 atom stereocenters. The third-order valence-corrected chi connectivity index (χ3v) is 6.38. The maximum atomic E-state index is 11.1. The lowest BCUT2D eigenvalue weighted by Gasteiger charge is -2.28. The second-order valence-corrected chi connectivity index (χ2v) is 9.11. The Labute approximate surface area is 191 Å². The highest BCUT2D eigenvalue weighted by molar-refractivity contribution is 7.17. The largest absolute Gasteiger partial charge is 0.490 e. The van der Waals surface area contributed by atoms with E-state index in [1.165, 1.54) is 22.5 Å². The van der Waals surface area contributed by atoms with Crippen LogP contribution >= 0.6 is 11.3 Å². The van der Waals surface area contributed by atoms with Crippen LogP contribution in [-0.4, -0.2) is 40.2 Å². The number of fused-ring (bicyclic) bond motifs is 1. The number of carbonyl (C=O) groups excluding carboxylic acids is 1. The van der Waals surface area contributed by atoms with Gasteiger partial charge in [0.05, 0.1) is 11.7 Å². The van der Waals surface area contributed by atoms with Crippen molar-refractivity contribution in [3.63, 3.8) is 0 Å². The van der Waals surface area contributed by atoms with Crippen molar-refractivity contribution in [3.8, 4) is 33.0 Å². The van der Waals surface area contributed by atoms with Gasteiger partial charge in [0, 0.05) is 37.2 Å². The minimum atomic E-state index is -0.262. The molecule has 0 saturated heterocycles. The van der Waals surface area contributed by atoms with E-state index in [-0.39, 0.29) is 12.0 Å². The van der Waals surface area contributed by atoms with Crippen LogP contribution in [0.25, 0.3) is 21.1 Å². The molecule has 8 heteroatoms. The van der Waals surface area contributed by atoms with E-state index in [9.17, 15) is 10.1 Å². The first-order chi connectivity index (χ1) is 15.4. The number of primary amides is 1. The Bertz CT molecular complexity index is 1180. The van der Waals surface area contributed by atoms with Gasteiger partial charge in [0.15, 0.2) is 0 Å². The summed E-state index contributed by atoms with van der Waals surface area (Å²) in [5.74, 6) is 0.317. The lowest BCUT2D eigenvalue weighted by molar-refractivity contribution is -0.118. The predicted octanol–water partition coefficient (Wildman–Crippen LogP) is 3.76. The van der Waals surface area contributed by atoms with Gasteiger partial charge in [-0.1, -0.05) is 23.5 Å². The number of nitrogens with zero attached hydrogens (tertiary/aromatic N) is 4. The first-order valence-corrected chi connectivity index (χ1v) is 11.4. The zero-order valence-electron chi connectivity index (χ0n) is 18.2. The van der Waals surface area contributed by atoms with E-state index in [1.54, 1.807) is 6.07 Å². The highest BCUT2D eigenvalue weighted by atomic mass is 32.1. The highest BCUT2D eigenvalue weighted by Crippen LogP contribution is 2.34. The normalized spacial score (nSPS) is 13.6. The Hall–Kier alpha value is -3.28. The number of benzene rings is 2. The Morgan fingerprint density at radius 2 is 1.91 bits per heavy atom. The SMILES string of the molecule is CC(C)Oc1ccc(-c2nnc(-c3ccc4c(c3)CCN(CCC(N)=O)C4)s2)cc1C#N. The van der Waals surface area contributed by atoms with Gasteiger partial charge in [-0.15, -0.1) is 10.2 Å². The van der Waals surface area contributed by atoms with Crippen LogP contribution in [0.4, 0.5) is 0 Å². The fourth-order valence-corrected chi connectivity index (χ4v) is 4.60. The van der Waals surface area contributed by atoms with Crippen molar-refractivity contribution >= 4 is 17.2 Å². The van der Waals surface area contributed by atoms with Crippen LogP contribution in [-0.2, 0) is 17.8 Å². The summed E-state index contributed by atoms with van der Waals surface area (Å²) in [6.45, 7) is 6.30. The number of nitriles is 1. The molecule has 0 radical (unpaired) electrons. The van der Waals surface area contributed by atoms with Gasteiger partial charge in [0.1, 0.15) is 21.8 Å². The van der Waals surface area contributed by atoms with E-state index in [2.05, 4.69) is 39.4 Å². The third-order valence-electron chi connectivity index (χ3n) is 5.35. The van der Waals surface area contributed by atoms with E-state index >= 15 is 0 Å². The number of amides is 1. The van der Waals surface area contributed by atoms with Crippen LogP contribution in [0.3, 0.4) is 0 Å². The standard InChI is InChI=1S/C24H25N5O2S/c1-15(2)31-21-6-5-18(12-20(21)13-25)24-28-27-23(32-24)17-3-4-19-14-29(10-8-22(26)30)9-7-16(19)11-17/h3-6,11-12,15H,7-10,14H2,1-2H3,(H2,26,30). The number of carbonyl (C=O) groups is 1. The van der Waals surface area contributed by atoms with Crippen molar-refractivity contribution in [2.75, 3.05) is 13.1 Å². The molecule has 0 fully saturated rings. The molecule has 1 aromatic heterocycles. The Morgan fingerprint density at radius 1 is 1.19 bits per heavy atom. The molecule has 0 saturated carbocycles. The van der Waals surface area contributed by atoms with E-state index in [0.29, 0.717) is 24.3 Å². The molecule has 2 heterocycles. The molecular formula is C24H25N5O2S. The number of ether oxygens (including phenoxy) is 1. The maximum Gasteiger partial charge on any atom is 0.218 e. The summed E-state index contributed by atoms with van der Waals surface area (Å²) >= 11 is 1.51. The number of hydrogen-bond donors (Lipinski definition) is 1. The van der Waals surface area contributed by atoms with Gasteiger partial charge >= 0.3 is 0 Å². The Balaban J connectivity index is 1.52. The van der Waals surface area contributed by atoms with Crippen LogP contribution in [0.1, 0.15) is 37.0 Å². The lowest BCUT2D eigenvalue weighted by Crippen LogP contribution is -2.33. The summed E-state index contributed by atoms with van der Waals surface area (Å²) in [5, 5.41) is 19.9. The third kappa shape index (κ3) is 4.96. The summed E-state index contributed by atoms with van der Waals surface area (Å²) in [5.41, 5.74) is 10.2. The molecule has 4 rings (SSSR count). The molecule has 0 aliphatic carbocycles. The van der Waals surface area contributed by atoms with E-state index < -0.39 is 0 Å². The molecule has 0 unspecified atom stereocenters. The molecule has 32 heavy (non-hydrogen) atoms. The molecule has 2 aromatic carbocycles. The smallest absolute Gasteiger partial charge is 0.218 e. The van der Waals surface area contributed by atoms with Gasteiger partial charge in [-0.3, -0.25) is 9.69 Å². The summed E-state index contributed by atoms with van der Waals surface area (Å²) in [7, 11) is 0. The fraction of sp³-hybridized carbons (Fsp3) is 0.333. The zero-order chi connectivity index (χ0) is 22.7. The molecule has 0 bridgehead atoms. The molecule has 1 aliphatic heterocycles. The van der Waals surface area contributed by atoms with Gasteiger partial charge in [-0.25, -0.2) is 0 Å². The van der Waals surface area contributed by atoms with E-state index in [4.69, 9.17) is 10.5 Å². The quantitative estimate of drug-likeness (QED) is 0.591. The number of nitrogens with two attached hydrogens (primary N) is 1. The molecule has 0 spiro atoms. The predicted molar refractivity (Wildman–Crippen MR) is 124 cm³/mol. The van der Waals surface area contributed by atoms with Crippen molar-refractivity contribution in [2.24, 2.45) is 5.73 Å². The van der Waals surface area contributed by atoms with Crippen molar-refractivity contribution in [1.82, 2.24) is 15.1 Å². The second-order valence-electron chi connectivity index (χ2n) is 8.13. The summed E-state index contributed by atoms with van der Waals surface area (Å²) in [6, 6.07) is 14.1. The molecule has 1 amide bonds. The van der Waals surface area contributed by atoms with Crippen LogP contribution in [0.2, 0.25) is 0 Å². The summed E-state index contributed by atoms with van der Waals surface area (Å²) in [6.07, 6.45) is 1.32. The van der Waals surface area contributed by atoms with Gasteiger partial charge in [-0.05, 0) is 55.7 Å². The molecule has 164 valence electrons. The fourth-order valence-electron chi connectivity index (χ4n) is 3.77.